The molecule has 0 aliphatic carbocycles. The minimum atomic E-state index is -0.235. The number of carbonyl (C=O) groups excluding carboxylic acids is 1. The van der Waals surface area contributed by atoms with E-state index in [1.807, 2.05) is 34.9 Å². The summed E-state index contributed by atoms with van der Waals surface area (Å²) in [5.74, 6) is 6.60. The van der Waals surface area contributed by atoms with Crippen molar-refractivity contribution in [1.82, 2.24) is 24.0 Å². The number of anilines is 1. The summed E-state index contributed by atoms with van der Waals surface area (Å²) < 4.78 is 8.94. The predicted molar refractivity (Wildman–Crippen MR) is 162 cm³/mol. The van der Waals surface area contributed by atoms with Gasteiger partial charge in [0.1, 0.15) is 22.4 Å². The zero-order chi connectivity index (χ0) is 27.6. The van der Waals surface area contributed by atoms with Crippen LogP contribution >= 0.6 is 12.4 Å². The Balaban J connectivity index is 0.00000337. The quantitative estimate of drug-likeness (QED) is 0.364. The highest BCUT2D eigenvalue weighted by molar-refractivity contribution is 6.10. The molecule has 41 heavy (non-hydrogen) atoms. The highest BCUT2D eigenvalue weighted by atomic mass is 35.5. The molecule has 2 saturated heterocycles. The Morgan fingerprint density at radius 3 is 2.73 bits per heavy atom. The number of amides is 1. The van der Waals surface area contributed by atoms with Gasteiger partial charge in [0.2, 0.25) is 0 Å². The van der Waals surface area contributed by atoms with E-state index in [1.54, 1.807) is 22.6 Å². The van der Waals surface area contributed by atoms with Gasteiger partial charge in [0, 0.05) is 43.8 Å². The average Bonchev–Trinajstić information content (AvgIpc) is 3.32. The molecule has 0 radical (unpaired) electrons. The topological polar surface area (TPSA) is 112 Å². The van der Waals surface area contributed by atoms with E-state index in [1.165, 1.54) is 6.33 Å². The van der Waals surface area contributed by atoms with Crippen LogP contribution in [0.25, 0.3) is 21.8 Å². The largest absolute Gasteiger partial charge is 0.378 e. The highest BCUT2D eigenvalue weighted by Gasteiger charge is 2.34. The van der Waals surface area contributed by atoms with Crippen LogP contribution in [0.15, 0.2) is 47.7 Å². The lowest BCUT2D eigenvalue weighted by molar-refractivity contribution is 0.0304. The van der Waals surface area contributed by atoms with Gasteiger partial charge >= 0.3 is 0 Å². The van der Waals surface area contributed by atoms with Gasteiger partial charge in [-0.1, -0.05) is 30.2 Å². The Kier molecular flexibility index (Phi) is 8.59. The maximum absolute atomic E-state index is 14.2. The zero-order valence-electron chi connectivity index (χ0n) is 23.1. The molecular weight excluding hydrogens is 542 g/mol. The number of halogens is 1. The molecule has 2 aliphatic rings. The van der Waals surface area contributed by atoms with Crippen LogP contribution in [-0.4, -0.2) is 75.3 Å². The summed E-state index contributed by atoms with van der Waals surface area (Å²) in [5, 5.41) is 2.04. The van der Waals surface area contributed by atoms with Crippen LogP contribution in [0, 0.1) is 11.8 Å². The Labute approximate surface area is 244 Å². The molecule has 5 heterocycles. The van der Waals surface area contributed by atoms with Crippen LogP contribution in [0.3, 0.4) is 0 Å². The highest BCUT2D eigenvalue weighted by Crippen LogP contribution is 2.33. The fourth-order valence-corrected chi connectivity index (χ4v) is 5.80. The number of piperidine rings is 1. The van der Waals surface area contributed by atoms with Gasteiger partial charge in [-0.25, -0.2) is 4.98 Å². The number of fused-ring (bicyclic) bond motifs is 2. The minimum Gasteiger partial charge on any atom is -0.378 e. The smallest absolute Gasteiger partial charge is 0.278 e. The van der Waals surface area contributed by atoms with Crippen molar-refractivity contribution in [2.75, 3.05) is 44.3 Å². The second-order valence-electron chi connectivity index (χ2n) is 10.3. The number of carbonyl (C=O) groups is 1. The molecule has 1 atom stereocenters. The summed E-state index contributed by atoms with van der Waals surface area (Å²) >= 11 is 0. The molecule has 10 nitrogen and oxygen atoms in total. The maximum Gasteiger partial charge on any atom is 0.278 e. The molecule has 214 valence electrons. The molecule has 2 N–H and O–H groups in total. The molecular formula is C30H34ClN7O3. The molecule has 2 aliphatic heterocycles. The van der Waals surface area contributed by atoms with Gasteiger partial charge in [0.05, 0.1) is 38.3 Å². The Morgan fingerprint density at radius 2 is 1.95 bits per heavy atom. The summed E-state index contributed by atoms with van der Waals surface area (Å²) in [6, 6.07) is 9.91. The van der Waals surface area contributed by atoms with Gasteiger partial charge < -0.3 is 24.8 Å². The molecule has 1 aromatic carbocycles. The van der Waals surface area contributed by atoms with Crippen molar-refractivity contribution < 1.29 is 9.53 Å². The van der Waals surface area contributed by atoms with Crippen molar-refractivity contribution in [2.24, 2.45) is 5.73 Å². The molecule has 0 bridgehead atoms. The Morgan fingerprint density at radius 1 is 1.15 bits per heavy atom. The zero-order valence-corrected chi connectivity index (χ0v) is 23.9. The number of nitrogens with two attached hydrogens (primary N) is 1. The van der Waals surface area contributed by atoms with Gasteiger partial charge in [-0.05, 0) is 31.2 Å². The van der Waals surface area contributed by atoms with Gasteiger partial charge in [-0.3, -0.25) is 19.1 Å². The number of pyridine rings is 1. The lowest BCUT2D eigenvalue weighted by Gasteiger charge is -2.34. The van der Waals surface area contributed by atoms with E-state index in [2.05, 4.69) is 21.7 Å². The van der Waals surface area contributed by atoms with E-state index in [0.717, 1.165) is 35.9 Å². The number of nitrogens with zero attached hydrogens (tertiary/aromatic N) is 6. The van der Waals surface area contributed by atoms with Gasteiger partial charge in [-0.15, -0.1) is 18.3 Å². The first-order chi connectivity index (χ1) is 19.6. The number of morpholine rings is 1. The normalized spacial score (nSPS) is 17.3. The van der Waals surface area contributed by atoms with Crippen LogP contribution < -0.4 is 16.2 Å². The van der Waals surface area contributed by atoms with Gasteiger partial charge in [0.25, 0.3) is 11.5 Å². The third-order valence-corrected chi connectivity index (χ3v) is 7.76. The molecule has 11 heteroatoms. The summed E-state index contributed by atoms with van der Waals surface area (Å²) in [7, 11) is 0. The van der Waals surface area contributed by atoms with Crippen LogP contribution in [0.5, 0.6) is 0 Å². The van der Waals surface area contributed by atoms with Gasteiger partial charge in [0.15, 0.2) is 0 Å². The molecule has 1 unspecified atom stereocenters. The van der Waals surface area contributed by atoms with E-state index in [0.29, 0.717) is 55.3 Å². The van der Waals surface area contributed by atoms with Crippen molar-refractivity contribution in [1.29, 1.82) is 0 Å². The third-order valence-electron chi connectivity index (χ3n) is 7.76. The first-order valence-electron chi connectivity index (χ1n) is 13.8. The van der Waals surface area contributed by atoms with Crippen LogP contribution in [0.1, 0.15) is 35.8 Å². The molecule has 0 saturated carbocycles. The number of hydrogen-bond donors (Lipinski definition) is 1. The number of aromatic nitrogens is 4. The van der Waals surface area contributed by atoms with E-state index in [4.69, 9.17) is 15.5 Å². The Hall–Kier alpha value is -3.91. The second-order valence-corrected chi connectivity index (χ2v) is 10.3. The first kappa shape index (κ1) is 28.6. The van der Waals surface area contributed by atoms with E-state index < -0.39 is 0 Å². The van der Waals surface area contributed by atoms with E-state index in [-0.39, 0.29) is 43.0 Å². The maximum atomic E-state index is 14.2. The van der Waals surface area contributed by atoms with Crippen molar-refractivity contribution >= 4 is 45.9 Å². The molecule has 6 rings (SSSR count). The summed E-state index contributed by atoms with van der Waals surface area (Å²) in [5.41, 5.74) is 8.14. The minimum absolute atomic E-state index is 0. The van der Waals surface area contributed by atoms with Crippen molar-refractivity contribution in [2.45, 2.75) is 38.9 Å². The SMILES string of the molecule is CC#CCn1c(N2CCCC(N)C2)c(C(=O)N2CCOCC2)c2ncn(Cc3nccc4ccccc34)c(=O)c21.Cl. The average molecular weight is 576 g/mol. The third kappa shape index (κ3) is 5.40. The van der Waals surface area contributed by atoms with Crippen molar-refractivity contribution in [3.05, 3.63) is 64.5 Å². The van der Waals surface area contributed by atoms with Crippen molar-refractivity contribution in [3.8, 4) is 11.8 Å². The van der Waals surface area contributed by atoms with Crippen molar-refractivity contribution in [3.63, 3.8) is 0 Å². The monoisotopic (exact) mass is 575 g/mol. The lowest BCUT2D eigenvalue weighted by atomic mass is 10.1. The predicted octanol–water partition coefficient (Wildman–Crippen LogP) is 2.64. The number of rotatable bonds is 5. The molecule has 1 amide bonds. The lowest BCUT2D eigenvalue weighted by Crippen LogP contribution is -2.45. The number of benzene rings is 1. The van der Waals surface area contributed by atoms with Crippen LogP contribution in [0.4, 0.5) is 5.82 Å². The number of hydrogen-bond acceptors (Lipinski definition) is 7. The standard InChI is InChI=1S/C30H33N7O3.ClH/c1-2-3-13-37-27-26(33-20-36(30(27)39)19-24-23-9-5-4-7-21(23)10-11-32-24)25(29(38)34-14-16-40-17-15-34)28(37)35-12-6-8-22(31)18-35;/h4-5,7,9-11,20,22H,6,8,12-19,31H2,1H3;1H. The van der Waals surface area contributed by atoms with E-state index in [9.17, 15) is 9.59 Å². The summed E-state index contributed by atoms with van der Waals surface area (Å²) in [6.45, 7) is 5.55. The second kappa shape index (κ2) is 12.3. The van der Waals surface area contributed by atoms with Crippen LogP contribution in [-0.2, 0) is 17.8 Å². The first-order valence-corrected chi connectivity index (χ1v) is 13.8. The van der Waals surface area contributed by atoms with Gasteiger partial charge in [-0.2, -0.15) is 0 Å². The summed E-state index contributed by atoms with van der Waals surface area (Å²) in [6.07, 6.45) is 5.11. The molecule has 0 spiro atoms. The summed E-state index contributed by atoms with van der Waals surface area (Å²) in [4.78, 5) is 41.6. The Bertz CT molecular complexity index is 1690. The molecule has 2 fully saturated rings. The fraction of sp³-hybridized carbons (Fsp3) is 0.400. The van der Waals surface area contributed by atoms with E-state index >= 15 is 0 Å². The fourth-order valence-electron chi connectivity index (χ4n) is 5.80. The number of ether oxygens (including phenoxy) is 1. The molecule has 4 aromatic rings. The van der Waals surface area contributed by atoms with Crippen LogP contribution in [0.2, 0.25) is 0 Å². The molecule has 3 aromatic heterocycles.